The van der Waals surface area contributed by atoms with E-state index in [1.165, 1.54) is 12.8 Å². The summed E-state index contributed by atoms with van der Waals surface area (Å²) >= 11 is 1.79. The van der Waals surface area contributed by atoms with Crippen LogP contribution in [-0.4, -0.2) is 23.1 Å². The molecule has 0 spiro atoms. The monoisotopic (exact) mass is 240 g/mol. The van der Waals surface area contributed by atoms with E-state index in [2.05, 4.69) is 13.8 Å². The Bertz CT molecular complexity index is 326. The molecule has 2 nitrogen and oxygen atoms in total. The van der Waals surface area contributed by atoms with Crippen LogP contribution in [0.15, 0.2) is 0 Å². The van der Waals surface area contributed by atoms with Gasteiger partial charge in [0.2, 0.25) is 0 Å². The number of ether oxygens (including phenoxy) is 1. The van der Waals surface area contributed by atoms with Crippen molar-refractivity contribution in [1.29, 1.82) is 0 Å². The maximum absolute atomic E-state index is 11.3. The lowest BCUT2D eigenvalue weighted by atomic mass is 9.45. The zero-order valence-corrected chi connectivity index (χ0v) is 11.0. The molecule has 0 radical (unpaired) electrons. The summed E-state index contributed by atoms with van der Waals surface area (Å²) in [6.07, 6.45) is 2.69. The lowest BCUT2D eigenvalue weighted by Crippen LogP contribution is -2.59. The number of thioether (sulfide) groups is 1. The molecule has 0 amide bonds. The molecule has 3 saturated carbocycles. The summed E-state index contributed by atoms with van der Waals surface area (Å²) in [5.41, 5.74) is 0.343. The van der Waals surface area contributed by atoms with Crippen molar-refractivity contribution in [3.8, 4) is 0 Å². The maximum Gasteiger partial charge on any atom is 0.168 e. The second kappa shape index (κ2) is 3.49. The topological polar surface area (TPSA) is 26.3 Å². The fraction of sp³-hybridized carbons (Fsp3) is 0.923. The van der Waals surface area contributed by atoms with E-state index in [1.807, 2.05) is 0 Å². The minimum atomic E-state index is -0.179. The van der Waals surface area contributed by atoms with Gasteiger partial charge in [-0.05, 0) is 42.9 Å². The molecule has 0 aromatic heterocycles. The van der Waals surface area contributed by atoms with Gasteiger partial charge in [-0.1, -0.05) is 13.8 Å². The van der Waals surface area contributed by atoms with Crippen molar-refractivity contribution >= 4 is 17.5 Å². The Morgan fingerprint density at radius 2 is 2.12 bits per heavy atom. The van der Waals surface area contributed by atoms with Crippen LogP contribution in [0.25, 0.3) is 0 Å². The van der Waals surface area contributed by atoms with Crippen LogP contribution >= 0.6 is 11.8 Å². The standard InChI is InChI=1S/C13H20O2S/c1-7(14)12-15-6-9-10-4-8(13(10,2)3)5-11(9)16-12/h8-12H,4-6H2,1-3H3/t8-,9+,10+,11+,12?/m1/s1. The van der Waals surface area contributed by atoms with Crippen LogP contribution in [0.2, 0.25) is 0 Å². The third kappa shape index (κ3) is 1.40. The van der Waals surface area contributed by atoms with Gasteiger partial charge in [0, 0.05) is 5.25 Å². The highest BCUT2D eigenvalue weighted by Crippen LogP contribution is 2.64. The average molecular weight is 240 g/mol. The molecule has 4 rings (SSSR count). The zero-order chi connectivity index (χ0) is 11.5. The van der Waals surface area contributed by atoms with Crippen LogP contribution in [0.5, 0.6) is 0 Å². The molecule has 1 heterocycles. The Balaban J connectivity index is 1.74. The van der Waals surface area contributed by atoms with Gasteiger partial charge < -0.3 is 4.74 Å². The van der Waals surface area contributed by atoms with Crippen LogP contribution in [0.3, 0.4) is 0 Å². The largest absolute Gasteiger partial charge is 0.359 e. The lowest BCUT2D eigenvalue weighted by molar-refractivity contribution is -0.139. The Morgan fingerprint density at radius 1 is 1.38 bits per heavy atom. The zero-order valence-electron chi connectivity index (χ0n) is 10.2. The molecule has 4 aliphatic rings. The van der Waals surface area contributed by atoms with Gasteiger partial charge in [0.15, 0.2) is 11.2 Å². The summed E-state index contributed by atoms with van der Waals surface area (Å²) < 4.78 is 5.71. The van der Waals surface area contributed by atoms with Crippen molar-refractivity contribution in [2.75, 3.05) is 6.61 Å². The summed E-state index contributed by atoms with van der Waals surface area (Å²) in [4.78, 5) is 11.3. The third-order valence-electron chi connectivity index (χ3n) is 5.13. The number of carbonyl (C=O) groups is 1. The number of hydrogen-bond acceptors (Lipinski definition) is 3. The van der Waals surface area contributed by atoms with Crippen LogP contribution in [0.1, 0.15) is 33.6 Å². The van der Waals surface area contributed by atoms with Gasteiger partial charge >= 0.3 is 0 Å². The van der Waals surface area contributed by atoms with E-state index < -0.39 is 0 Å². The van der Waals surface area contributed by atoms with E-state index >= 15 is 0 Å². The minimum absolute atomic E-state index is 0.179. The highest BCUT2D eigenvalue weighted by Gasteiger charge is 2.59. The van der Waals surface area contributed by atoms with E-state index in [1.54, 1.807) is 18.7 Å². The smallest absolute Gasteiger partial charge is 0.168 e. The molecular weight excluding hydrogens is 220 g/mol. The van der Waals surface area contributed by atoms with Crippen molar-refractivity contribution in [2.45, 2.75) is 44.3 Å². The van der Waals surface area contributed by atoms with E-state index in [9.17, 15) is 4.79 Å². The van der Waals surface area contributed by atoms with Crippen LogP contribution in [0.4, 0.5) is 0 Å². The van der Waals surface area contributed by atoms with Crippen LogP contribution in [-0.2, 0) is 9.53 Å². The predicted octanol–water partition coefficient (Wildman–Crippen LogP) is 2.72. The number of carbonyl (C=O) groups excluding carboxylic acids is 1. The number of rotatable bonds is 1. The Labute approximate surface area is 101 Å². The van der Waals surface area contributed by atoms with Crippen molar-refractivity contribution in [2.24, 2.45) is 23.2 Å². The van der Waals surface area contributed by atoms with Gasteiger partial charge in [-0.2, -0.15) is 0 Å². The first-order chi connectivity index (χ1) is 7.50. The van der Waals surface area contributed by atoms with Crippen molar-refractivity contribution in [3.05, 3.63) is 0 Å². The second-order valence-electron chi connectivity index (χ2n) is 6.21. The first-order valence-electron chi connectivity index (χ1n) is 6.27. The molecule has 4 fully saturated rings. The fourth-order valence-electron chi connectivity index (χ4n) is 3.89. The molecule has 5 atom stereocenters. The normalized spacial score (nSPS) is 49.1. The first kappa shape index (κ1) is 11.1. The van der Waals surface area contributed by atoms with Gasteiger partial charge in [0.05, 0.1) is 6.61 Å². The van der Waals surface area contributed by atoms with Crippen LogP contribution < -0.4 is 0 Å². The number of ketones is 1. The lowest BCUT2D eigenvalue weighted by Gasteiger charge is -2.63. The molecule has 16 heavy (non-hydrogen) atoms. The fourth-order valence-corrected chi connectivity index (χ4v) is 5.37. The van der Waals surface area contributed by atoms with E-state index in [-0.39, 0.29) is 11.2 Å². The highest BCUT2D eigenvalue weighted by atomic mass is 32.2. The number of Topliss-reactive ketones (excluding diaryl/α,β-unsaturated/α-hetero) is 1. The molecule has 0 aromatic rings. The van der Waals surface area contributed by atoms with Gasteiger partial charge in [0.25, 0.3) is 0 Å². The van der Waals surface area contributed by atoms with Gasteiger partial charge in [-0.25, -0.2) is 0 Å². The van der Waals surface area contributed by atoms with Crippen molar-refractivity contribution in [1.82, 2.24) is 0 Å². The molecule has 1 aliphatic heterocycles. The van der Waals surface area contributed by atoms with Gasteiger partial charge in [-0.15, -0.1) is 11.8 Å². The molecule has 1 saturated heterocycles. The Hall–Kier alpha value is -0.0200. The molecule has 0 N–H and O–H groups in total. The van der Waals surface area contributed by atoms with E-state index in [4.69, 9.17) is 4.74 Å². The molecule has 3 aliphatic carbocycles. The van der Waals surface area contributed by atoms with Crippen LogP contribution in [0, 0.1) is 23.2 Å². The molecule has 3 heteroatoms. The predicted molar refractivity (Wildman–Crippen MR) is 65.3 cm³/mol. The average Bonchev–Trinajstić information content (AvgIpc) is 2.27. The summed E-state index contributed by atoms with van der Waals surface area (Å²) in [7, 11) is 0. The molecule has 0 aromatic carbocycles. The summed E-state index contributed by atoms with van der Waals surface area (Å²) in [5.74, 6) is 2.59. The van der Waals surface area contributed by atoms with Gasteiger partial charge in [0.1, 0.15) is 0 Å². The highest BCUT2D eigenvalue weighted by molar-refractivity contribution is 8.01. The quantitative estimate of drug-likeness (QED) is 0.705. The van der Waals surface area contributed by atoms with Crippen molar-refractivity contribution in [3.63, 3.8) is 0 Å². The van der Waals surface area contributed by atoms with Crippen molar-refractivity contribution < 1.29 is 9.53 Å². The Morgan fingerprint density at radius 3 is 2.75 bits per heavy atom. The molecule has 1 unspecified atom stereocenters. The third-order valence-corrected chi connectivity index (χ3v) is 6.73. The van der Waals surface area contributed by atoms with E-state index in [0.29, 0.717) is 16.6 Å². The summed E-state index contributed by atoms with van der Waals surface area (Å²) in [6, 6.07) is 0. The van der Waals surface area contributed by atoms with E-state index in [0.717, 1.165) is 18.4 Å². The Kier molecular flexibility index (Phi) is 2.42. The minimum Gasteiger partial charge on any atom is -0.359 e. The maximum atomic E-state index is 11.3. The summed E-state index contributed by atoms with van der Waals surface area (Å²) in [6.45, 7) is 7.27. The second-order valence-corrected chi connectivity index (χ2v) is 7.52. The first-order valence-corrected chi connectivity index (χ1v) is 7.22. The van der Waals surface area contributed by atoms with Gasteiger partial charge in [-0.3, -0.25) is 4.79 Å². The molecular formula is C13H20O2S. The molecule has 2 bridgehead atoms. The molecule has 90 valence electrons. The summed E-state index contributed by atoms with van der Waals surface area (Å²) in [5, 5.41) is 0.680. The number of hydrogen-bond donors (Lipinski definition) is 0. The SMILES string of the molecule is CC(=O)C1OC[C@@H]2[C@H](C[C@H]3C[C@@H]2C3(C)C)S1.